The normalized spacial score (nSPS) is 24.6. The number of benzene rings is 2. The number of phenolic OH excluding ortho intramolecular Hbond substituents is 3. The van der Waals surface area contributed by atoms with Crippen molar-refractivity contribution < 1.29 is 54.1 Å². The number of fused-ring (bicyclic) bond motifs is 1. The molecule has 0 bridgehead atoms. The fourth-order valence-corrected chi connectivity index (χ4v) is 3.54. The number of aromatic hydroxyl groups is 3. The van der Waals surface area contributed by atoms with Crippen molar-refractivity contribution in [1.29, 1.82) is 0 Å². The summed E-state index contributed by atoms with van der Waals surface area (Å²) in [4.78, 5) is 24.3. The van der Waals surface area contributed by atoms with Crippen LogP contribution in [0.3, 0.4) is 0 Å². The second kappa shape index (κ2) is 8.83. The van der Waals surface area contributed by atoms with Gasteiger partial charge >= 0.3 is 5.97 Å². The van der Waals surface area contributed by atoms with Gasteiger partial charge in [0.05, 0.1) is 7.11 Å². The molecule has 0 spiro atoms. The summed E-state index contributed by atoms with van der Waals surface area (Å²) >= 11 is 0. The molecule has 12 nitrogen and oxygen atoms in total. The van der Waals surface area contributed by atoms with Gasteiger partial charge in [0, 0.05) is 23.8 Å². The summed E-state index contributed by atoms with van der Waals surface area (Å²) in [5.41, 5.74) is -0.488. The lowest BCUT2D eigenvalue weighted by Gasteiger charge is -2.38. The van der Waals surface area contributed by atoms with Crippen LogP contribution in [0.15, 0.2) is 45.6 Å². The Balaban J connectivity index is 1.69. The topological polar surface area (TPSA) is 196 Å². The highest BCUT2D eigenvalue weighted by molar-refractivity contribution is 5.86. The van der Waals surface area contributed by atoms with Crippen LogP contribution >= 0.6 is 0 Å². The van der Waals surface area contributed by atoms with Crippen LogP contribution in [0.4, 0.5) is 0 Å². The van der Waals surface area contributed by atoms with Crippen molar-refractivity contribution in [2.45, 2.75) is 30.7 Å². The standard InChI is InChI=1S/C22H20O12/c1-31-21(30)20-18(28)17(27)19(29)22(34-20)33-14-4-8(2-3-10(14)24)13-7-12(26)16-11(25)5-9(23)6-15(16)32-13/h2-7,17-20,22-25,27-29H,1H3/t17-,18-,19+,20-,22+/m1/s1. The minimum Gasteiger partial charge on any atom is -0.508 e. The third-order valence-corrected chi connectivity index (χ3v) is 5.29. The van der Waals surface area contributed by atoms with Crippen LogP contribution in [0.1, 0.15) is 0 Å². The lowest BCUT2D eigenvalue weighted by molar-refractivity contribution is -0.272. The summed E-state index contributed by atoms with van der Waals surface area (Å²) in [6.07, 6.45) is -8.78. The Morgan fingerprint density at radius 2 is 1.68 bits per heavy atom. The highest BCUT2D eigenvalue weighted by Crippen LogP contribution is 2.36. The first-order valence-electron chi connectivity index (χ1n) is 9.88. The van der Waals surface area contributed by atoms with Gasteiger partial charge in [-0.3, -0.25) is 4.79 Å². The van der Waals surface area contributed by atoms with Crippen LogP contribution in [0.2, 0.25) is 0 Å². The zero-order valence-electron chi connectivity index (χ0n) is 17.5. The highest BCUT2D eigenvalue weighted by atomic mass is 16.7. The molecule has 0 aliphatic carbocycles. The molecule has 1 fully saturated rings. The predicted molar refractivity (Wildman–Crippen MR) is 112 cm³/mol. The van der Waals surface area contributed by atoms with Crippen LogP contribution in [0, 0.1) is 0 Å². The van der Waals surface area contributed by atoms with Gasteiger partial charge in [-0.25, -0.2) is 4.79 Å². The maximum atomic E-state index is 12.5. The molecule has 0 radical (unpaired) electrons. The number of methoxy groups -OCH3 is 1. The predicted octanol–water partition coefficient (Wildman–Crippen LogP) is -0.0638. The van der Waals surface area contributed by atoms with Crippen LogP contribution < -0.4 is 10.2 Å². The molecule has 2 aromatic carbocycles. The van der Waals surface area contributed by atoms with E-state index >= 15 is 0 Å². The first-order chi connectivity index (χ1) is 16.1. The average Bonchev–Trinajstić information content (AvgIpc) is 2.79. The monoisotopic (exact) mass is 476 g/mol. The Morgan fingerprint density at radius 3 is 2.38 bits per heavy atom. The fraction of sp³-hybridized carbons (Fsp3) is 0.273. The minimum atomic E-state index is -1.83. The molecular weight excluding hydrogens is 456 g/mol. The van der Waals surface area contributed by atoms with Crippen LogP contribution in [0.25, 0.3) is 22.3 Å². The van der Waals surface area contributed by atoms with Crippen LogP contribution in [0.5, 0.6) is 23.0 Å². The summed E-state index contributed by atoms with van der Waals surface area (Å²) in [5.74, 6) is -2.53. The quantitative estimate of drug-likeness (QED) is 0.275. The number of hydrogen-bond acceptors (Lipinski definition) is 12. The largest absolute Gasteiger partial charge is 0.508 e. The number of ether oxygens (including phenoxy) is 3. The van der Waals surface area contributed by atoms with Crippen molar-refractivity contribution in [1.82, 2.24) is 0 Å². The second-order valence-electron chi connectivity index (χ2n) is 7.53. The number of aliphatic hydroxyl groups is 3. The minimum absolute atomic E-state index is 0.0136. The smallest absolute Gasteiger partial charge is 0.337 e. The number of phenols is 3. The van der Waals surface area contributed by atoms with E-state index in [0.717, 1.165) is 25.3 Å². The zero-order chi connectivity index (χ0) is 24.7. The molecule has 1 aliphatic heterocycles. The summed E-state index contributed by atoms with van der Waals surface area (Å²) < 4.78 is 20.8. The van der Waals surface area contributed by atoms with Crippen molar-refractivity contribution in [2.75, 3.05) is 7.11 Å². The fourth-order valence-electron chi connectivity index (χ4n) is 3.54. The number of carbonyl (C=O) groups excluding carboxylic acids is 1. The lowest BCUT2D eigenvalue weighted by atomic mass is 9.99. The third kappa shape index (κ3) is 4.10. The molecule has 4 rings (SSSR count). The number of carbonyl (C=O) groups is 1. The molecule has 0 saturated carbocycles. The van der Waals surface area contributed by atoms with Gasteiger partial charge in [-0.2, -0.15) is 0 Å². The van der Waals surface area contributed by atoms with E-state index in [1.807, 2.05) is 0 Å². The summed E-state index contributed by atoms with van der Waals surface area (Å²) in [5, 5.41) is 59.9. The Hall–Kier alpha value is -3.84. The van der Waals surface area contributed by atoms with Crippen LogP contribution in [-0.2, 0) is 14.3 Å². The van der Waals surface area contributed by atoms with E-state index in [-0.39, 0.29) is 33.8 Å². The molecular formula is C22H20O12. The van der Waals surface area contributed by atoms with Crippen molar-refractivity contribution in [3.05, 3.63) is 46.6 Å². The van der Waals surface area contributed by atoms with E-state index in [1.165, 1.54) is 18.2 Å². The molecule has 1 aliphatic rings. The SMILES string of the molecule is COC(=O)[C@@H]1O[C@H](Oc2cc(-c3cc(=O)c4c(O)cc(O)cc4o3)ccc2O)[C@@H](O)[C@H](O)[C@H]1O. The molecule has 1 saturated heterocycles. The molecule has 6 N–H and O–H groups in total. The Kier molecular flexibility index (Phi) is 6.06. The highest BCUT2D eigenvalue weighted by Gasteiger charge is 2.48. The Bertz CT molecular complexity index is 1300. The maximum Gasteiger partial charge on any atom is 0.337 e. The molecule has 5 atom stereocenters. The van der Waals surface area contributed by atoms with Gasteiger partial charge in [0.15, 0.2) is 23.0 Å². The molecule has 0 unspecified atom stereocenters. The molecule has 1 aromatic heterocycles. The Morgan fingerprint density at radius 1 is 0.941 bits per heavy atom. The zero-order valence-corrected chi connectivity index (χ0v) is 17.5. The van der Waals surface area contributed by atoms with Crippen LogP contribution in [-0.4, -0.2) is 74.4 Å². The number of aliphatic hydroxyl groups excluding tert-OH is 3. The molecule has 34 heavy (non-hydrogen) atoms. The van der Waals surface area contributed by atoms with E-state index in [0.29, 0.717) is 0 Å². The van der Waals surface area contributed by atoms with Crippen molar-refractivity contribution >= 4 is 16.9 Å². The summed E-state index contributed by atoms with van der Waals surface area (Å²) in [6, 6.07) is 7.00. The second-order valence-corrected chi connectivity index (χ2v) is 7.53. The van der Waals surface area contributed by atoms with E-state index in [4.69, 9.17) is 13.9 Å². The van der Waals surface area contributed by atoms with Gasteiger partial charge in [0.2, 0.25) is 6.29 Å². The van der Waals surface area contributed by atoms with E-state index in [1.54, 1.807) is 0 Å². The first kappa shape index (κ1) is 23.3. The number of esters is 1. The Labute approximate surface area is 190 Å². The third-order valence-electron chi connectivity index (χ3n) is 5.29. The van der Waals surface area contributed by atoms with Gasteiger partial charge < -0.3 is 49.3 Å². The van der Waals surface area contributed by atoms with Crippen molar-refractivity contribution in [3.63, 3.8) is 0 Å². The van der Waals surface area contributed by atoms with Gasteiger partial charge in [0.1, 0.15) is 46.5 Å². The molecule has 2 heterocycles. The van der Waals surface area contributed by atoms with Gasteiger partial charge in [-0.15, -0.1) is 0 Å². The van der Waals surface area contributed by atoms with Gasteiger partial charge in [-0.05, 0) is 18.2 Å². The lowest BCUT2D eigenvalue weighted by Crippen LogP contribution is -2.61. The summed E-state index contributed by atoms with van der Waals surface area (Å²) in [7, 11) is 1.04. The molecule has 180 valence electrons. The summed E-state index contributed by atoms with van der Waals surface area (Å²) in [6.45, 7) is 0. The van der Waals surface area contributed by atoms with E-state index < -0.39 is 53.6 Å². The molecule has 3 aromatic rings. The van der Waals surface area contributed by atoms with Crippen molar-refractivity contribution in [2.24, 2.45) is 0 Å². The molecule has 0 amide bonds. The maximum absolute atomic E-state index is 12.5. The number of rotatable bonds is 4. The average molecular weight is 476 g/mol. The number of hydrogen-bond donors (Lipinski definition) is 6. The van der Waals surface area contributed by atoms with Crippen molar-refractivity contribution in [3.8, 4) is 34.3 Å². The van der Waals surface area contributed by atoms with Gasteiger partial charge in [0.25, 0.3) is 0 Å². The van der Waals surface area contributed by atoms with E-state index in [2.05, 4.69) is 4.74 Å². The first-order valence-corrected chi connectivity index (χ1v) is 9.88. The van der Waals surface area contributed by atoms with Gasteiger partial charge in [-0.1, -0.05) is 0 Å². The molecule has 12 heteroatoms. The van der Waals surface area contributed by atoms with E-state index in [9.17, 15) is 40.2 Å².